The van der Waals surface area contributed by atoms with Crippen LogP contribution in [0.1, 0.15) is 23.2 Å². The molecule has 27 heavy (non-hydrogen) atoms. The molecule has 0 radical (unpaired) electrons. The summed E-state index contributed by atoms with van der Waals surface area (Å²) in [6.07, 6.45) is 4.51. The van der Waals surface area contributed by atoms with Crippen LogP contribution in [0.3, 0.4) is 0 Å². The molecule has 0 aliphatic carbocycles. The van der Waals surface area contributed by atoms with Crippen LogP contribution in [0.15, 0.2) is 41.3 Å². The predicted octanol–water partition coefficient (Wildman–Crippen LogP) is 2.76. The Morgan fingerprint density at radius 3 is 1.89 bits per heavy atom. The number of amides is 1. The van der Waals surface area contributed by atoms with Gasteiger partial charge in [-0.3, -0.25) is 4.79 Å². The fourth-order valence-corrected chi connectivity index (χ4v) is 4.06. The Kier molecular flexibility index (Phi) is 5.48. The van der Waals surface area contributed by atoms with Gasteiger partial charge in [0.2, 0.25) is 0 Å². The van der Waals surface area contributed by atoms with E-state index < -0.39 is 0 Å². The molecule has 2 fully saturated rings. The molecule has 2 saturated heterocycles. The summed E-state index contributed by atoms with van der Waals surface area (Å²) in [5.74, 6) is 1.98. The van der Waals surface area contributed by atoms with Gasteiger partial charge in [0, 0.05) is 49.7 Å². The monoisotopic (exact) mass is 383 g/mol. The summed E-state index contributed by atoms with van der Waals surface area (Å²) in [5.41, 5.74) is 0.760. The van der Waals surface area contributed by atoms with Crippen LogP contribution < -0.4 is 9.80 Å². The number of nitrogens with zero attached hydrogens (tertiary/aromatic N) is 5. The highest BCUT2D eigenvalue weighted by atomic mass is 32.2. The molecule has 0 unspecified atom stereocenters. The van der Waals surface area contributed by atoms with Crippen LogP contribution in [0.2, 0.25) is 0 Å². The lowest BCUT2D eigenvalue weighted by molar-refractivity contribution is 0.0746. The first-order chi connectivity index (χ1) is 13.2. The number of hydrogen-bond acceptors (Lipinski definition) is 6. The molecule has 0 N–H and O–H groups in total. The van der Waals surface area contributed by atoms with Crippen LogP contribution in [0.25, 0.3) is 0 Å². The molecule has 2 aliphatic rings. The lowest BCUT2D eigenvalue weighted by Crippen LogP contribution is -2.49. The number of benzene rings is 1. The molecular weight excluding hydrogens is 358 g/mol. The van der Waals surface area contributed by atoms with E-state index in [0.29, 0.717) is 13.1 Å². The SMILES string of the molecule is CSc1ccc(C(=O)N2CCN(c3ccc(N4CCCC4)nn3)CC2)cc1. The normalized spacial score (nSPS) is 17.4. The molecule has 1 amide bonds. The van der Waals surface area contributed by atoms with Gasteiger partial charge in [0.25, 0.3) is 5.91 Å². The van der Waals surface area contributed by atoms with Gasteiger partial charge >= 0.3 is 0 Å². The summed E-state index contributed by atoms with van der Waals surface area (Å²) >= 11 is 1.68. The molecule has 1 aromatic carbocycles. The van der Waals surface area contributed by atoms with Gasteiger partial charge < -0.3 is 14.7 Å². The topological polar surface area (TPSA) is 52.6 Å². The number of aromatic nitrogens is 2. The van der Waals surface area contributed by atoms with Crippen molar-refractivity contribution in [1.29, 1.82) is 0 Å². The van der Waals surface area contributed by atoms with Crippen molar-refractivity contribution in [2.75, 3.05) is 55.3 Å². The van der Waals surface area contributed by atoms with Crippen LogP contribution in [-0.2, 0) is 0 Å². The molecular formula is C20H25N5OS. The van der Waals surface area contributed by atoms with Crippen molar-refractivity contribution >= 4 is 29.3 Å². The minimum atomic E-state index is 0.109. The third-order valence-electron chi connectivity index (χ3n) is 5.29. The zero-order valence-electron chi connectivity index (χ0n) is 15.7. The van der Waals surface area contributed by atoms with E-state index in [4.69, 9.17) is 0 Å². The number of hydrogen-bond donors (Lipinski definition) is 0. The number of carbonyl (C=O) groups excluding carboxylic acids is 1. The van der Waals surface area contributed by atoms with Crippen molar-refractivity contribution in [1.82, 2.24) is 15.1 Å². The van der Waals surface area contributed by atoms with Crippen LogP contribution in [0.5, 0.6) is 0 Å². The predicted molar refractivity (Wildman–Crippen MR) is 110 cm³/mol. The van der Waals surface area contributed by atoms with Gasteiger partial charge in [0.05, 0.1) is 0 Å². The Labute approximate surface area is 164 Å². The van der Waals surface area contributed by atoms with Crippen molar-refractivity contribution in [3.8, 4) is 0 Å². The summed E-state index contributed by atoms with van der Waals surface area (Å²) in [6, 6.07) is 12.0. The third-order valence-corrected chi connectivity index (χ3v) is 6.04. The maximum Gasteiger partial charge on any atom is 0.253 e. The summed E-state index contributed by atoms with van der Waals surface area (Å²) in [5, 5.41) is 8.83. The molecule has 1 aromatic heterocycles. The van der Waals surface area contributed by atoms with Gasteiger partial charge in [0.15, 0.2) is 11.6 Å². The molecule has 0 bridgehead atoms. The van der Waals surface area contributed by atoms with Crippen LogP contribution in [-0.4, -0.2) is 66.5 Å². The first-order valence-electron chi connectivity index (χ1n) is 9.51. The first-order valence-corrected chi connectivity index (χ1v) is 10.7. The van der Waals surface area contributed by atoms with Crippen molar-refractivity contribution in [3.05, 3.63) is 42.0 Å². The summed E-state index contributed by atoms with van der Waals surface area (Å²) < 4.78 is 0. The van der Waals surface area contributed by atoms with Gasteiger partial charge in [0.1, 0.15) is 0 Å². The highest BCUT2D eigenvalue weighted by molar-refractivity contribution is 7.98. The maximum atomic E-state index is 12.7. The molecule has 142 valence electrons. The molecule has 6 nitrogen and oxygen atoms in total. The second-order valence-electron chi connectivity index (χ2n) is 6.95. The number of anilines is 2. The number of thioether (sulfide) groups is 1. The van der Waals surface area contributed by atoms with Crippen molar-refractivity contribution in [3.63, 3.8) is 0 Å². The van der Waals surface area contributed by atoms with Gasteiger partial charge in [-0.25, -0.2) is 0 Å². The van der Waals surface area contributed by atoms with E-state index in [9.17, 15) is 4.79 Å². The number of carbonyl (C=O) groups is 1. The van der Waals surface area contributed by atoms with Gasteiger partial charge in [-0.15, -0.1) is 22.0 Å². The van der Waals surface area contributed by atoms with Gasteiger partial charge in [-0.2, -0.15) is 0 Å². The van der Waals surface area contributed by atoms with Gasteiger partial charge in [-0.05, 0) is 55.5 Å². The summed E-state index contributed by atoms with van der Waals surface area (Å²) in [4.78, 5) is 20.3. The Bertz CT molecular complexity index is 766. The van der Waals surface area contributed by atoms with Crippen molar-refractivity contribution in [2.45, 2.75) is 17.7 Å². The Morgan fingerprint density at radius 1 is 0.815 bits per heavy atom. The molecule has 7 heteroatoms. The van der Waals surface area contributed by atoms with Crippen LogP contribution in [0, 0.1) is 0 Å². The van der Waals surface area contributed by atoms with E-state index in [1.165, 1.54) is 17.7 Å². The quantitative estimate of drug-likeness (QED) is 0.757. The Balaban J connectivity index is 1.34. The van der Waals surface area contributed by atoms with Gasteiger partial charge in [-0.1, -0.05) is 0 Å². The molecule has 2 aliphatic heterocycles. The van der Waals surface area contributed by atoms with E-state index in [2.05, 4.69) is 32.1 Å². The largest absolute Gasteiger partial charge is 0.355 e. The van der Waals surface area contributed by atoms with Crippen molar-refractivity contribution < 1.29 is 4.79 Å². The van der Waals surface area contributed by atoms with E-state index in [0.717, 1.165) is 43.4 Å². The number of piperazine rings is 1. The molecule has 3 heterocycles. The number of rotatable bonds is 4. The smallest absolute Gasteiger partial charge is 0.253 e. The molecule has 2 aromatic rings. The maximum absolute atomic E-state index is 12.7. The minimum Gasteiger partial charge on any atom is -0.355 e. The highest BCUT2D eigenvalue weighted by Crippen LogP contribution is 2.21. The zero-order chi connectivity index (χ0) is 18.6. The lowest BCUT2D eigenvalue weighted by atomic mass is 10.2. The third kappa shape index (κ3) is 4.03. The van der Waals surface area contributed by atoms with E-state index >= 15 is 0 Å². The van der Waals surface area contributed by atoms with E-state index in [-0.39, 0.29) is 5.91 Å². The average molecular weight is 384 g/mol. The minimum absolute atomic E-state index is 0.109. The highest BCUT2D eigenvalue weighted by Gasteiger charge is 2.23. The Hall–Kier alpha value is -2.28. The summed E-state index contributed by atoms with van der Waals surface area (Å²) in [6.45, 7) is 5.13. The van der Waals surface area contributed by atoms with E-state index in [1.54, 1.807) is 11.8 Å². The second kappa shape index (κ2) is 8.17. The molecule has 0 atom stereocenters. The van der Waals surface area contributed by atoms with Crippen molar-refractivity contribution in [2.24, 2.45) is 0 Å². The fourth-order valence-electron chi connectivity index (χ4n) is 3.66. The zero-order valence-corrected chi connectivity index (χ0v) is 16.5. The molecule has 0 saturated carbocycles. The molecule has 4 rings (SSSR count). The van der Waals surface area contributed by atoms with Crippen LogP contribution >= 0.6 is 11.8 Å². The van der Waals surface area contributed by atoms with E-state index in [1.807, 2.05) is 35.4 Å². The Morgan fingerprint density at radius 2 is 1.37 bits per heavy atom. The lowest BCUT2D eigenvalue weighted by Gasteiger charge is -2.35. The fraction of sp³-hybridized carbons (Fsp3) is 0.450. The summed E-state index contributed by atoms with van der Waals surface area (Å²) in [7, 11) is 0. The molecule has 0 spiro atoms. The standard InChI is InChI=1S/C20H25N5OS/c1-27-17-6-4-16(5-7-17)20(26)25-14-12-24(13-15-25)19-9-8-18(21-22-19)23-10-2-3-11-23/h4-9H,2-3,10-15H2,1H3. The van der Waals surface area contributed by atoms with Crippen LogP contribution in [0.4, 0.5) is 11.6 Å². The second-order valence-corrected chi connectivity index (χ2v) is 7.83. The first kappa shape index (κ1) is 18.1. The average Bonchev–Trinajstić information content (AvgIpc) is 3.28.